The number of aromatic hydroxyl groups is 1. The maximum absolute atomic E-state index is 11.2. The number of hydrogen-bond donors (Lipinski definition) is 3. The summed E-state index contributed by atoms with van der Waals surface area (Å²) >= 11 is 0. The zero-order valence-electron chi connectivity index (χ0n) is 22.0. The van der Waals surface area contributed by atoms with Crippen LogP contribution in [-0.4, -0.2) is 48.1 Å². The van der Waals surface area contributed by atoms with E-state index < -0.39 is 5.97 Å². The quantitative estimate of drug-likeness (QED) is 0.189. The van der Waals surface area contributed by atoms with Crippen molar-refractivity contribution in [2.24, 2.45) is 5.10 Å². The van der Waals surface area contributed by atoms with Crippen LogP contribution >= 0.6 is 0 Å². The molecule has 0 aliphatic carbocycles. The minimum Gasteiger partial charge on any atom is -0.507 e. The van der Waals surface area contributed by atoms with Crippen LogP contribution in [0.1, 0.15) is 82.3 Å². The van der Waals surface area contributed by atoms with Crippen LogP contribution in [0.15, 0.2) is 41.5 Å². The molecule has 0 aromatic heterocycles. The van der Waals surface area contributed by atoms with Crippen molar-refractivity contribution in [1.82, 2.24) is 5.43 Å². The Morgan fingerprint density at radius 1 is 1.06 bits per heavy atom. The summed E-state index contributed by atoms with van der Waals surface area (Å²) in [5.41, 5.74) is 7.11. The second-order valence-electron chi connectivity index (χ2n) is 9.60. The number of benzene rings is 2. The van der Waals surface area contributed by atoms with E-state index in [1.54, 1.807) is 6.07 Å². The van der Waals surface area contributed by atoms with E-state index in [1.807, 2.05) is 0 Å². The number of hydrazone groups is 1. The van der Waals surface area contributed by atoms with E-state index >= 15 is 0 Å². The van der Waals surface area contributed by atoms with Crippen molar-refractivity contribution < 1.29 is 19.7 Å². The van der Waals surface area contributed by atoms with Crippen LogP contribution in [0, 0.1) is 0 Å². The number of phenols is 1. The third kappa shape index (κ3) is 7.91. The van der Waals surface area contributed by atoms with E-state index in [0.717, 1.165) is 50.2 Å². The summed E-state index contributed by atoms with van der Waals surface area (Å²) < 4.78 is 5.93. The Kier molecular flexibility index (Phi) is 10.4. The van der Waals surface area contributed by atoms with Crippen molar-refractivity contribution in [3.8, 4) is 11.5 Å². The van der Waals surface area contributed by atoms with Crippen LogP contribution in [0.5, 0.6) is 11.5 Å². The summed E-state index contributed by atoms with van der Waals surface area (Å²) in [6.45, 7) is 15.9. The van der Waals surface area contributed by atoms with Gasteiger partial charge < -0.3 is 25.3 Å². The molecule has 2 aromatic rings. The maximum Gasteiger partial charge on any atom is 0.339 e. The highest BCUT2D eigenvalue weighted by Gasteiger charge is 2.22. The standard InChI is InChI=1S/C28H41N3O4/c1-7-10-11-16-29-30-24(19-35-21-13-14-22(27(33)34)26(32)18-21)20-12-15-25(31(8-2)9-3)23(17-20)28(4,5)6/h12-15,17-18,29,32H,7-11,16,19H2,1-6H3,(H,33,34)/b30-24-. The average Bonchev–Trinajstić information content (AvgIpc) is 2.81. The first-order chi connectivity index (χ1) is 16.6. The number of hydrogen-bond acceptors (Lipinski definition) is 6. The van der Waals surface area contributed by atoms with Gasteiger partial charge in [0.05, 0.1) is 0 Å². The average molecular weight is 484 g/mol. The van der Waals surface area contributed by atoms with Gasteiger partial charge in [-0.25, -0.2) is 4.79 Å². The van der Waals surface area contributed by atoms with Crippen molar-refractivity contribution in [3.63, 3.8) is 0 Å². The lowest BCUT2D eigenvalue weighted by atomic mass is 9.84. The molecule has 0 saturated carbocycles. The molecule has 0 unspecified atom stereocenters. The van der Waals surface area contributed by atoms with Gasteiger partial charge in [0.25, 0.3) is 0 Å². The van der Waals surface area contributed by atoms with Crippen LogP contribution in [-0.2, 0) is 5.41 Å². The van der Waals surface area contributed by atoms with Crippen LogP contribution < -0.4 is 15.1 Å². The number of rotatable bonds is 13. The van der Waals surface area contributed by atoms with Crippen LogP contribution in [0.3, 0.4) is 0 Å². The maximum atomic E-state index is 11.2. The predicted molar refractivity (Wildman–Crippen MR) is 143 cm³/mol. The van der Waals surface area contributed by atoms with Gasteiger partial charge in [-0.1, -0.05) is 46.6 Å². The lowest BCUT2D eigenvalue weighted by Gasteiger charge is -2.30. The summed E-state index contributed by atoms with van der Waals surface area (Å²) in [7, 11) is 0. The van der Waals surface area contributed by atoms with E-state index in [1.165, 1.54) is 23.4 Å². The van der Waals surface area contributed by atoms with E-state index in [0.29, 0.717) is 5.75 Å². The van der Waals surface area contributed by atoms with Crippen LogP contribution in [0.2, 0.25) is 0 Å². The first-order valence-corrected chi connectivity index (χ1v) is 12.5. The Hall–Kier alpha value is -3.22. The summed E-state index contributed by atoms with van der Waals surface area (Å²) in [6, 6.07) is 10.6. The van der Waals surface area contributed by atoms with E-state index in [9.17, 15) is 9.90 Å². The molecule has 35 heavy (non-hydrogen) atoms. The molecule has 7 heteroatoms. The third-order valence-electron chi connectivity index (χ3n) is 5.92. The highest BCUT2D eigenvalue weighted by atomic mass is 16.5. The Morgan fingerprint density at radius 2 is 1.77 bits per heavy atom. The monoisotopic (exact) mass is 483 g/mol. The second-order valence-corrected chi connectivity index (χ2v) is 9.60. The largest absolute Gasteiger partial charge is 0.507 e. The van der Waals surface area contributed by atoms with Gasteiger partial charge in [-0.2, -0.15) is 5.10 Å². The topological polar surface area (TPSA) is 94.4 Å². The number of aromatic carboxylic acids is 1. The van der Waals surface area contributed by atoms with E-state index in [-0.39, 0.29) is 23.3 Å². The van der Waals surface area contributed by atoms with Crippen molar-refractivity contribution in [2.45, 2.75) is 66.2 Å². The number of carbonyl (C=O) groups is 1. The summed E-state index contributed by atoms with van der Waals surface area (Å²) in [5, 5.41) is 23.8. The molecule has 0 spiro atoms. The number of nitrogens with one attached hydrogen (secondary N) is 1. The number of ether oxygens (including phenoxy) is 1. The van der Waals surface area contributed by atoms with E-state index in [2.05, 4.69) is 75.2 Å². The number of nitrogens with zero attached hydrogens (tertiary/aromatic N) is 2. The molecule has 192 valence electrons. The first-order valence-electron chi connectivity index (χ1n) is 12.5. The minimum atomic E-state index is -1.18. The Balaban J connectivity index is 2.38. The molecule has 3 N–H and O–H groups in total. The van der Waals surface area contributed by atoms with Gasteiger partial charge in [-0.3, -0.25) is 0 Å². The Morgan fingerprint density at radius 3 is 2.34 bits per heavy atom. The molecule has 0 amide bonds. The van der Waals surface area contributed by atoms with Crippen molar-refractivity contribution in [1.29, 1.82) is 0 Å². The SMILES string of the molecule is CCCCCN/N=C(/COc1ccc(C(=O)O)c(O)c1)c1ccc(N(CC)CC)c(C(C)(C)C)c1. The molecular weight excluding hydrogens is 442 g/mol. The fraction of sp³-hybridized carbons (Fsp3) is 0.500. The van der Waals surface area contributed by atoms with Crippen molar-refractivity contribution in [3.05, 3.63) is 53.1 Å². The molecule has 0 fully saturated rings. The predicted octanol–water partition coefficient (Wildman–Crippen LogP) is 5.80. The third-order valence-corrected chi connectivity index (χ3v) is 5.92. The minimum absolute atomic E-state index is 0.0626. The van der Waals surface area contributed by atoms with Gasteiger partial charge in [-0.05, 0) is 55.5 Å². The van der Waals surface area contributed by atoms with Crippen LogP contribution in [0.25, 0.3) is 0 Å². The fourth-order valence-electron chi connectivity index (χ4n) is 3.88. The number of anilines is 1. The second kappa shape index (κ2) is 13.0. The van der Waals surface area contributed by atoms with Gasteiger partial charge in [0, 0.05) is 37.0 Å². The molecule has 7 nitrogen and oxygen atoms in total. The zero-order valence-corrected chi connectivity index (χ0v) is 22.0. The molecule has 0 heterocycles. The smallest absolute Gasteiger partial charge is 0.339 e. The normalized spacial score (nSPS) is 11.9. The number of carboxylic acids is 1. The van der Waals surface area contributed by atoms with E-state index in [4.69, 9.17) is 9.84 Å². The highest BCUT2D eigenvalue weighted by molar-refractivity contribution is 6.02. The summed E-state index contributed by atoms with van der Waals surface area (Å²) in [6.07, 6.45) is 3.31. The number of unbranched alkanes of at least 4 members (excludes halogenated alkanes) is 2. The first kappa shape index (κ1) is 28.0. The molecule has 0 saturated heterocycles. The van der Waals surface area contributed by atoms with Crippen LogP contribution in [0.4, 0.5) is 5.69 Å². The lowest BCUT2D eigenvalue weighted by molar-refractivity contribution is 0.0693. The Bertz CT molecular complexity index is 1010. The van der Waals surface area contributed by atoms with Gasteiger partial charge in [0.15, 0.2) is 0 Å². The molecular formula is C28H41N3O4. The van der Waals surface area contributed by atoms with Gasteiger partial charge >= 0.3 is 5.97 Å². The lowest BCUT2D eigenvalue weighted by Crippen LogP contribution is -2.27. The zero-order chi connectivity index (χ0) is 26.0. The molecule has 0 aliphatic heterocycles. The highest BCUT2D eigenvalue weighted by Crippen LogP contribution is 2.33. The molecule has 0 radical (unpaired) electrons. The van der Waals surface area contributed by atoms with Crippen molar-refractivity contribution in [2.75, 3.05) is 31.1 Å². The molecule has 2 rings (SSSR count). The number of carboxylic acid groups (broad SMARTS) is 1. The molecule has 0 aliphatic rings. The Labute approximate surface area is 209 Å². The fourth-order valence-corrected chi connectivity index (χ4v) is 3.88. The van der Waals surface area contributed by atoms with Gasteiger partial charge in [0.2, 0.25) is 0 Å². The van der Waals surface area contributed by atoms with Gasteiger partial charge in [0.1, 0.15) is 29.4 Å². The summed E-state index contributed by atoms with van der Waals surface area (Å²) in [5.74, 6) is -1.14. The summed E-state index contributed by atoms with van der Waals surface area (Å²) in [4.78, 5) is 13.5. The molecule has 0 atom stereocenters. The van der Waals surface area contributed by atoms with Crippen molar-refractivity contribution >= 4 is 17.4 Å². The molecule has 2 aromatic carbocycles. The molecule has 0 bridgehead atoms. The van der Waals surface area contributed by atoms with Gasteiger partial charge in [-0.15, -0.1) is 0 Å².